The number of halogens is 2. The summed E-state index contributed by atoms with van der Waals surface area (Å²) in [4.78, 5) is 0.286. The molecule has 0 N–H and O–H groups in total. The van der Waals surface area contributed by atoms with Crippen molar-refractivity contribution in [3.05, 3.63) is 28.8 Å². The van der Waals surface area contributed by atoms with Crippen LogP contribution in [-0.4, -0.2) is 19.8 Å². The van der Waals surface area contributed by atoms with E-state index < -0.39 is 0 Å². The van der Waals surface area contributed by atoms with Gasteiger partial charge >= 0.3 is 0 Å². The zero-order chi connectivity index (χ0) is 13.1. The predicted octanol–water partition coefficient (Wildman–Crippen LogP) is 4.60. The van der Waals surface area contributed by atoms with Crippen molar-refractivity contribution in [1.29, 1.82) is 0 Å². The van der Waals surface area contributed by atoms with Crippen molar-refractivity contribution < 1.29 is 9.47 Å². The molecule has 18 heavy (non-hydrogen) atoms. The van der Waals surface area contributed by atoms with Crippen molar-refractivity contribution in [2.24, 2.45) is 5.92 Å². The number of methoxy groups -OCH3 is 1. The van der Waals surface area contributed by atoms with Gasteiger partial charge in [0.25, 0.3) is 0 Å². The molecule has 0 amide bonds. The van der Waals surface area contributed by atoms with Crippen LogP contribution in [0.2, 0.25) is 5.02 Å². The van der Waals surface area contributed by atoms with E-state index in [9.17, 15) is 0 Å². The Morgan fingerprint density at radius 3 is 2.94 bits per heavy atom. The molecule has 100 valence electrons. The van der Waals surface area contributed by atoms with E-state index in [1.807, 2.05) is 12.1 Å². The Labute approximate surface area is 122 Å². The average molecular weight is 334 g/mol. The summed E-state index contributed by atoms with van der Waals surface area (Å²) >= 11 is 9.97. The standard InChI is InChI=1S/C14H18BrClO2/c1-3-12-10(6-7-18-12)14(15)9-4-5-13(17-2)11(16)8-9/h4-5,8,10,12,14H,3,6-7H2,1-2H3. The van der Waals surface area contributed by atoms with Crippen LogP contribution >= 0.6 is 27.5 Å². The summed E-state index contributed by atoms with van der Waals surface area (Å²) < 4.78 is 10.9. The lowest BCUT2D eigenvalue weighted by atomic mass is 9.92. The minimum absolute atomic E-state index is 0.286. The van der Waals surface area contributed by atoms with E-state index in [4.69, 9.17) is 21.1 Å². The van der Waals surface area contributed by atoms with Gasteiger partial charge in [-0.3, -0.25) is 0 Å². The maximum absolute atomic E-state index is 6.17. The fourth-order valence-electron chi connectivity index (χ4n) is 2.52. The van der Waals surface area contributed by atoms with Crippen molar-refractivity contribution in [3.8, 4) is 5.75 Å². The summed E-state index contributed by atoms with van der Waals surface area (Å²) in [5.41, 5.74) is 1.19. The molecule has 1 fully saturated rings. The van der Waals surface area contributed by atoms with Gasteiger partial charge in [-0.15, -0.1) is 0 Å². The highest BCUT2D eigenvalue weighted by Gasteiger charge is 2.33. The summed E-state index contributed by atoms with van der Waals surface area (Å²) in [6, 6.07) is 5.96. The van der Waals surface area contributed by atoms with Gasteiger partial charge in [0.05, 0.1) is 18.2 Å². The molecule has 2 rings (SSSR count). The van der Waals surface area contributed by atoms with Crippen LogP contribution in [0.5, 0.6) is 5.75 Å². The lowest BCUT2D eigenvalue weighted by molar-refractivity contribution is 0.0873. The number of alkyl halides is 1. The first-order valence-electron chi connectivity index (χ1n) is 6.26. The van der Waals surface area contributed by atoms with E-state index in [0.29, 0.717) is 17.0 Å². The fraction of sp³-hybridized carbons (Fsp3) is 0.571. The van der Waals surface area contributed by atoms with E-state index in [2.05, 4.69) is 28.9 Å². The van der Waals surface area contributed by atoms with Gasteiger partial charge in [-0.2, -0.15) is 0 Å². The third kappa shape index (κ3) is 2.84. The van der Waals surface area contributed by atoms with Crippen molar-refractivity contribution in [2.45, 2.75) is 30.7 Å². The quantitative estimate of drug-likeness (QED) is 0.750. The molecule has 1 aromatic rings. The highest BCUT2D eigenvalue weighted by Crippen LogP contribution is 2.42. The monoisotopic (exact) mass is 332 g/mol. The van der Waals surface area contributed by atoms with Crippen LogP contribution in [0, 0.1) is 5.92 Å². The average Bonchev–Trinajstić information content (AvgIpc) is 2.86. The van der Waals surface area contributed by atoms with Crippen molar-refractivity contribution in [3.63, 3.8) is 0 Å². The number of hydrogen-bond donors (Lipinski definition) is 0. The minimum atomic E-state index is 0.286. The number of rotatable bonds is 4. The smallest absolute Gasteiger partial charge is 0.137 e. The van der Waals surface area contributed by atoms with Gasteiger partial charge in [-0.05, 0) is 30.5 Å². The molecule has 1 saturated heterocycles. The lowest BCUT2D eigenvalue weighted by Gasteiger charge is -2.23. The second kappa shape index (κ2) is 6.27. The molecule has 0 radical (unpaired) electrons. The van der Waals surface area contributed by atoms with Gasteiger partial charge in [-0.1, -0.05) is 40.5 Å². The molecule has 3 atom stereocenters. The van der Waals surface area contributed by atoms with Crippen molar-refractivity contribution in [1.82, 2.24) is 0 Å². The van der Waals surface area contributed by atoms with Crippen LogP contribution in [0.1, 0.15) is 30.2 Å². The first kappa shape index (κ1) is 14.2. The normalized spacial score (nSPS) is 25.1. The summed E-state index contributed by atoms with van der Waals surface area (Å²) in [5, 5.41) is 0.659. The third-order valence-corrected chi connectivity index (χ3v) is 5.04. The maximum Gasteiger partial charge on any atom is 0.137 e. The van der Waals surface area contributed by atoms with Crippen LogP contribution in [-0.2, 0) is 4.74 Å². The number of hydrogen-bond acceptors (Lipinski definition) is 2. The zero-order valence-electron chi connectivity index (χ0n) is 10.7. The van der Waals surface area contributed by atoms with E-state index in [-0.39, 0.29) is 4.83 Å². The molecule has 0 saturated carbocycles. The minimum Gasteiger partial charge on any atom is -0.495 e. The Hall–Kier alpha value is -0.250. The molecule has 0 aromatic heterocycles. The summed E-state index contributed by atoms with van der Waals surface area (Å²) in [7, 11) is 1.63. The Morgan fingerprint density at radius 1 is 1.56 bits per heavy atom. The first-order valence-corrected chi connectivity index (χ1v) is 7.55. The molecule has 1 heterocycles. The van der Waals surface area contributed by atoms with E-state index in [1.165, 1.54) is 5.56 Å². The maximum atomic E-state index is 6.17. The second-order valence-electron chi connectivity index (χ2n) is 4.57. The molecule has 0 aliphatic carbocycles. The number of benzene rings is 1. The third-order valence-electron chi connectivity index (χ3n) is 3.53. The Balaban J connectivity index is 2.18. The molecular weight excluding hydrogens is 316 g/mol. The van der Waals surface area contributed by atoms with E-state index in [1.54, 1.807) is 7.11 Å². The molecule has 1 aromatic carbocycles. The number of ether oxygens (including phenoxy) is 2. The Bertz CT molecular complexity index is 411. The Morgan fingerprint density at radius 2 is 2.33 bits per heavy atom. The van der Waals surface area contributed by atoms with Crippen LogP contribution in [0.15, 0.2) is 18.2 Å². The molecule has 1 aliphatic rings. The molecule has 3 unspecified atom stereocenters. The first-order chi connectivity index (χ1) is 8.67. The topological polar surface area (TPSA) is 18.5 Å². The van der Waals surface area contributed by atoms with E-state index >= 15 is 0 Å². The van der Waals surface area contributed by atoms with Crippen LogP contribution in [0.4, 0.5) is 0 Å². The largest absolute Gasteiger partial charge is 0.495 e. The van der Waals surface area contributed by atoms with Gasteiger partial charge in [0.15, 0.2) is 0 Å². The van der Waals surface area contributed by atoms with Crippen LogP contribution in [0.3, 0.4) is 0 Å². The molecule has 2 nitrogen and oxygen atoms in total. The van der Waals surface area contributed by atoms with Gasteiger partial charge in [0, 0.05) is 17.4 Å². The van der Waals surface area contributed by atoms with Crippen molar-refractivity contribution >= 4 is 27.5 Å². The lowest BCUT2D eigenvalue weighted by Crippen LogP contribution is -2.18. The molecule has 1 aliphatic heterocycles. The molecule has 0 bridgehead atoms. The van der Waals surface area contributed by atoms with E-state index in [0.717, 1.165) is 25.2 Å². The zero-order valence-corrected chi connectivity index (χ0v) is 13.0. The fourth-order valence-corrected chi connectivity index (χ4v) is 3.68. The van der Waals surface area contributed by atoms with Gasteiger partial charge in [0.1, 0.15) is 5.75 Å². The molecular formula is C14H18BrClO2. The highest BCUT2D eigenvalue weighted by molar-refractivity contribution is 9.09. The summed E-state index contributed by atoms with van der Waals surface area (Å²) in [6.45, 7) is 3.03. The highest BCUT2D eigenvalue weighted by atomic mass is 79.9. The van der Waals surface area contributed by atoms with Gasteiger partial charge in [0.2, 0.25) is 0 Å². The molecule has 0 spiro atoms. The Kier molecular flexibility index (Phi) is 4.93. The summed E-state index contributed by atoms with van der Waals surface area (Å²) in [5.74, 6) is 1.23. The SMILES string of the molecule is CCC1OCCC1C(Br)c1ccc(OC)c(Cl)c1. The van der Waals surface area contributed by atoms with Crippen molar-refractivity contribution in [2.75, 3.05) is 13.7 Å². The van der Waals surface area contributed by atoms with Crippen LogP contribution < -0.4 is 4.74 Å². The van der Waals surface area contributed by atoms with Crippen LogP contribution in [0.25, 0.3) is 0 Å². The van der Waals surface area contributed by atoms with Gasteiger partial charge in [-0.25, -0.2) is 0 Å². The van der Waals surface area contributed by atoms with Gasteiger partial charge < -0.3 is 9.47 Å². The second-order valence-corrected chi connectivity index (χ2v) is 5.96. The summed E-state index contributed by atoms with van der Waals surface area (Å²) in [6.07, 6.45) is 2.49. The molecule has 4 heteroatoms. The predicted molar refractivity (Wildman–Crippen MR) is 77.8 cm³/mol.